The molecule has 94 valence electrons. The van der Waals surface area contributed by atoms with Crippen LogP contribution >= 0.6 is 0 Å². The van der Waals surface area contributed by atoms with Crippen molar-refractivity contribution >= 4 is 11.4 Å². The first-order valence-corrected chi connectivity index (χ1v) is 6.06. The van der Waals surface area contributed by atoms with Crippen LogP contribution in [0.2, 0.25) is 0 Å². The number of rotatable bonds is 3. The molecule has 0 spiro atoms. The summed E-state index contributed by atoms with van der Waals surface area (Å²) in [5.41, 5.74) is 7.93. The van der Waals surface area contributed by atoms with E-state index in [0.29, 0.717) is 0 Å². The molecule has 1 aliphatic heterocycles. The van der Waals surface area contributed by atoms with Gasteiger partial charge in [0.05, 0.1) is 30.7 Å². The van der Waals surface area contributed by atoms with Gasteiger partial charge in [0.15, 0.2) is 0 Å². The summed E-state index contributed by atoms with van der Waals surface area (Å²) in [5.74, 6) is 0.768. The predicted octanol–water partition coefficient (Wildman–Crippen LogP) is 1.89. The van der Waals surface area contributed by atoms with Crippen LogP contribution in [0.3, 0.4) is 0 Å². The van der Waals surface area contributed by atoms with Gasteiger partial charge in [-0.05, 0) is 26.0 Å². The van der Waals surface area contributed by atoms with Gasteiger partial charge in [-0.25, -0.2) is 0 Å². The van der Waals surface area contributed by atoms with Gasteiger partial charge in [0.1, 0.15) is 5.75 Å². The summed E-state index contributed by atoms with van der Waals surface area (Å²) in [6, 6.07) is 5.94. The molecule has 0 atom stereocenters. The Morgan fingerprint density at radius 2 is 2.00 bits per heavy atom. The fraction of sp³-hybridized carbons (Fsp3) is 0.538. The molecular formula is C13H20N2O2. The fourth-order valence-electron chi connectivity index (χ4n) is 1.97. The third-order valence-corrected chi connectivity index (χ3v) is 2.76. The van der Waals surface area contributed by atoms with Crippen molar-refractivity contribution in [3.05, 3.63) is 18.2 Å². The highest BCUT2D eigenvalue weighted by molar-refractivity contribution is 5.74. The molecule has 1 fully saturated rings. The molecule has 4 nitrogen and oxygen atoms in total. The van der Waals surface area contributed by atoms with E-state index in [1.165, 1.54) is 0 Å². The molecule has 2 N–H and O–H groups in total. The Morgan fingerprint density at radius 1 is 1.29 bits per heavy atom. The van der Waals surface area contributed by atoms with Gasteiger partial charge in [0.25, 0.3) is 0 Å². The minimum atomic E-state index is 0.136. The largest absolute Gasteiger partial charge is 0.489 e. The van der Waals surface area contributed by atoms with Crippen molar-refractivity contribution in [1.82, 2.24) is 0 Å². The van der Waals surface area contributed by atoms with E-state index in [4.69, 9.17) is 15.2 Å². The Morgan fingerprint density at radius 3 is 2.65 bits per heavy atom. The maximum atomic E-state index is 6.15. The van der Waals surface area contributed by atoms with Crippen LogP contribution in [-0.2, 0) is 4.74 Å². The van der Waals surface area contributed by atoms with E-state index < -0.39 is 0 Å². The lowest BCUT2D eigenvalue weighted by Gasteiger charge is -2.30. The molecule has 0 radical (unpaired) electrons. The number of para-hydroxylation sites is 1. The van der Waals surface area contributed by atoms with Crippen molar-refractivity contribution in [3.8, 4) is 5.75 Å². The van der Waals surface area contributed by atoms with Crippen LogP contribution in [0.1, 0.15) is 13.8 Å². The van der Waals surface area contributed by atoms with Crippen LogP contribution in [0.25, 0.3) is 0 Å². The molecule has 0 saturated carbocycles. The third kappa shape index (κ3) is 2.82. The normalized spacial score (nSPS) is 16.3. The van der Waals surface area contributed by atoms with Crippen molar-refractivity contribution in [2.45, 2.75) is 20.0 Å². The SMILES string of the molecule is CC(C)Oc1cccc(N2CCOCC2)c1N. The predicted molar refractivity (Wildman–Crippen MR) is 69.7 cm³/mol. The average molecular weight is 236 g/mol. The smallest absolute Gasteiger partial charge is 0.144 e. The second kappa shape index (κ2) is 5.27. The van der Waals surface area contributed by atoms with E-state index in [9.17, 15) is 0 Å². The Labute approximate surface area is 102 Å². The zero-order valence-corrected chi connectivity index (χ0v) is 10.5. The third-order valence-electron chi connectivity index (χ3n) is 2.76. The summed E-state index contributed by atoms with van der Waals surface area (Å²) in [4.78, 5) is 2.24. The number of ether oxygens (including phenoxy) is 2. The molecule has 0 unspecified atom stereocenters. The lowest BCUT2D eigenvalue weighted by Crippen LogP contribution is -2.36. The number of hydrogen-bond donors (Lipinski definition) is 1. The molecule has 1 aromatic carbocycles. The minimum Gasteiger partial charge on any atom is -0.489 e. The molecule has 17 heavy (non-hydrogen) atoms. The Balaban J connectivity index is 2.21. The lowest BCUT2D eigenvalue weighted by atomic mass is 10.2. The zero-order valence-electron chi connectivity index (χ0n) is 10.5. The monoisotopic (exact) mass is 236 g/mol. The van der Waals surface area contributed by atoms with Gasteiger partial charge in [-0.1, -0.05) is 6.07 Å². The summed E-state index contributed by atoms with van der Waals surface area (Å²) in [6.07, 6.45) is 0.136. The van der Waals surface area contributed by atoms with Gasteiger partial charge >= 0.3 is 0 Å². The number of hydrogen-bond acceptors (Lipinski definition) is 4. The first kappa shape index (κ1) is 12.0. The van der Waals surface area contributed by atoms with Crippen LogP contribution in [0.5, 0.6) is 5.75 Å². The summed E-state index contributed by atoms with van der Waals surface area (Å²) in [6.45, 7) is 7.29. The number of nitrogen functional groups attached to an aromatic ring is 1. The molecule has 4 heteroatoms. The standard InChI is InChI=1S/C13H20N2O2/c1-10(2)17-12-5-3-4-11(13(12)14)15-6-8-16-9-7-15/h3-5,10H,6-9,14H2,1-2H3. The molecule has 1 saturated heterocycles. The molecule has 1 heterocycles. The van der Waals surface area contributed by atoms with Gasteiger partial charge in [-0.2, -0.15) is 0 Å². The van der Waals surface area contributed by atoms with E-state index in [-0.39, 0.29) is 6.10 Å². The number of benzene rings is 1. The summed E-state index contributed by atoms with van der Waals surface area (Å²) >= 11 is 0. The maximum absolute atomic E-state index is 6.15. The minimum absolute atomic E-state index is 0.136. The summed E-state index contributed by atoms with van der Waals surface area (Å²) in [7, 11) is 0. The molecule has 1 aliphatic rings. The van der Waals surface area contributed by atoms with Crippen molar-refractivity contribution in [3.63, 3.8) is 0 Å². The quantitative estimate of drug-likeness (QED) is 0.814. The average Bonchev–Trinajstić information content (AvgIpc) is 2.32. The first-order chi connectivity index (χ1) is 8.18. The van der Waals surface area contributed by atoms with Gasteiger partial charge in [0.2, 0.25) is 0 Å². The second-order valence-corrected chi connectivity index (χ2v) is 4.45. The highest BCUT2D eigenvalue weighted by Gasteiger charge is 2.16. The van der Waals surface area contributed by atoms with Crippen LogP contribution in [0.4, 0.5) is 11.4 Å². The first-order valence-electron chi connectivity index (χ1n) is 6.06. The van der Waals surface area contributed by atoms with Crippen LogP contribution < -0.4 is 15.4 Å². The molecule has 0 bridgehead atoms. The molecule has 0 aliphatic carbocycles. The maximum Gasteiger partial charge on any atom is 0.144 e. The van der Waals surface area contributed by atoms with Gasteiger partial charge in [-0.3, -0.25) is 0 Å². The van der Waals surface area contributed by atoms with Crippen molar-refractivity contribution < 1.29 is 9.47 Å². The van der Waals surface area contributed by atoms with E-state index in [2.05, 4.69) is 4.90 Å². The molecule has 0 aromatic heterocycles. The van der Waals surface area contributed by atoms with Crippen LogP contribution in [0.15, 0.2) is 18.2 Å². The molecule has 0 amide bonds. The second-order valence-electron chi connectivity index (χ2n) is 4.45. The van der Waals surface area contributed by atoms with E-state index in [1.807, 2.05) is 32.0 Å². The van der Waals surface area contributed by atoms with E-state index in [0.717, 1.165) is 43.4 Å². The summed E-state index contributed by atoms with van der Waals surface area (Å²) in [5, 5.41) is 0. The van der Waals surface area contributed by atoms with Gasteiger partial charge in [-0.15, -0.1) is 0 Å². The lowest BCUT2D eigenvalue weighted by molar-refractivity contribution is 0.122. The Kier molecular flexibility index (Phi) is 3.74. The molecule has 1 aromatic rings. The fourth-order valence-corrected chi connectivity index (χ4v) is 1.97. The van der Waals surface area contributed by atoms with Gasteiger partial charge < -0.3 is 20.1 Å². The number of morpholine rings is 1. The molecule has 2 rings (SSSR count). The van der Waals surface area contributed by atoms with Crippen LogP contribution in [0, 0.1) is 0 Å². The Bertz CT molecular complexity index is 374. The van der Waals surface area contributed by atoms with Crippen molar-refractivity contribution in [2.24, 2.45) is 0 Å². The molecular weight excluding hydrogens is 216 g/mol. The van der Waals surface area contributed by atoms with E-state index >= 15 is 0 Å². The topological polar surface area (TPSA) is 47.7 Å². The number of nitrogens with two attached hydrogens (primary N) is 1. The van der Waals surface area contributed by atoms with Gasteiger partial charge in [0, 0.05) is 13.1 Å². The Hall–Kier alpha value is -1.42. The van der Waals surface area contributed by atoms with Crippen molar-refractivity contribution in [1.29, 1.82) is 0 Å². The van der Waals surface area contributed by atoms with Crippen molar-refractivity contribution in [2.75, 3.05) is 36.9 Å². The highest BCUT2D eigenvalue weighted by Crippen LogP contribution is 2.33. The number of anilines is 2. The zero-order chi connectivity index (χ0) is 12.3. The number of nitrogens with zero attached hydrogens (tertiary/aromatic N) is 1. The van der Waals surface area contributed by atoms with Crippen LogP contribution in [-0.4, -0.2) is 32.4 Å². The summed E-state index contributed by atoms with van der Waals surface area (Å²) < 4.78 is 11.0. The highest BCUT2D eigenvalue weighted by atomic mass is 16.5. The van der Waals surface area contributed by atoms with E-state index in [1.54, 1.807) is 0 Å².